The van der Waals surface area contributed by atoms with Crippen LogP contribution in [0.25, 0.3) is 0 Å². The van der Waals surface area contributed by atoms with Crippen LogP contribution in [0.1, 0.15) is 24.8 Å². The fourth-order valence-corrected chi connectivity index (χ4v) is 2.93. The molecule has 1 aromatic carbocycles. The van der Waals surface area contributed by atoms with Crippen molar-refractivity contribution in [1.82, 2.24) is 0 Å². The number of carbonyl (C=O) groups is 1. The van der Waals surface area contributed by atoms with Crippen molar-refractivity contribution in [2.24, 2.45) is 11.7 Å². The molecule has 1 aliphatic rings. The van der Waals surface area contributed by atoms with Crippen LogP contribution in [0.15, 0.2) is 22.7 Å². The van der Waals surface area contributed by atoms with E-state index in [9.17, 15) is 4.79 Å². The quantitative estimate of drug-likeness (QED) is 0.930. The highest BCUT2D eigenvalue weighted by atomic mass is 79.9. The van der Waals surface area contributed by atoms with Gasteiger partial charge in [-0.3, -0.25) is 4.79 Å². The lowest BCUT2D eigenvalue weighted by Crippen LogP contribution is -2.19. The molecule has 2 rings (SSSR count). The number of halogens is 1. The van der Waals surface area contributed by atoms with E-state index in [4.69, 9.17) is 10.5 Å². The molecule has 98 valence electrons. The molecule has 1 fully saturated rings. The lowest BCUT2D eigenvalue weighted by Gasteiger charge is -2.11. The molecule has 2 unspecified atom stereocenters. The second kappa shape index (κ2) is 5.85. The van der Waals surface area contributed by atoms with Crippen molar-refractivity contribution in [3.05, 3.63) is 28.2 Å². The van der Waals surface area contributed by atoms with Crippen molar-refractivity contribution in [2.75, 3.05) is 7.11 Å². The number of ether oxygens (including phenoxy) is 1. The number of rotatable bonds is 4. The number of ketones is 1. The van der Waals surface area contributed by atoms with E-state index in [2.05, 4.69) is 15.9 Å². The molecule has 2 atom stereocenters. The van der Waals surface area contributed by atoms with Crippen molar-refractivity contribution < 1.29 is 9.53 Å². The molecule has 0 heterocycles. The minimum atomic E-state index is 0.128. The highest BCUT2D eigenvalue weighted by molar-refractivity contribution is 9.10. The fourth-order valence-electron chi connectivity index (χ4n) is 2.53. The Kier molecular flexibility index (Phi) is 4.40. The molecule has 0 bridgehead atoms. The van der Waals surface area contributed by atoms with Gasteiger partial charge in [0.15, 0.2) is 0 Å². The van der Waals surface area contributed by atoms with Gasteiger partial charge in [-0.05, 0) is 37.5 Å². The summed E-state index contributed by atoms with van der Waals surface area (Å²) in [5.41, 5.74) is 6.79. The average molecular weight is 312 g/mol. The van der Waals surface area contributed by atoms with Crippen molar-refractivity contribution in [3.8, 4) is 5.75 Å². The van der Waals surface area contributed by atoms with Gasteiger partial charge in [0, 0.05) is 28.4 Å². The van der Waals surface area contributed by atoms with Gasteiger partial charge >= 0.3 is 0 Å². The van der Waals surface area contributed by atoms with E-state index in [1.807, 2.05) is 18.2 Å². The summed E-state index contributed by atoms with van der Waals surface area (Å²) in [4.78, 5) is 12.2. The number of carbonyl (C=O) groups excluding carboxylic acids is 1. The number of hydrogen-bond acceptors (Lipinski definition) is 3. The number of nitrogens with two attached hydrogens (primary N) is 1. The van der Waals surface area contributed by atoms with E-state index in [-0.39, 0.29) is 17.7 Å². The summed E-state index contributed by atoms with van der Waals surface area (Å²) in [7, 11) is 1.63. The van der Waals surface area contributed by atoms with Gasteiger partial charge in [-0.1, -0.05) is 15.9 Å². The lowest BCUT2D eigenvalue weighted by atomic mass is 9.96. The SMILES string of the molecule is COc1ccc(Br)cc1CC(=O)C1CCC(N)C1. The number of hydrogen-bond donors (Lipinski definition) is 1. The van der Waals surface area contributed by atoms with Gasteiger partial charge in [-0.25, -0.2) is 0 Å². The number of benzene rings is 1. The monoisotopic (exact) mass is 311 g/mol. The normalized spacial score (nSPS) is 23.1. The zero-order valence-corrected chi connectivity index (χ0v) is 12.1. The molecule has 3 nitrogen and oxygen atoms in total. The Morgan fingerprint density at radius 2 is 2.28 bits per heavy atom. The van der Waals surface area contributed by atoms with Crippen LogP contribution in [-0.2, 0) is 11.2 Å². The van der Waals surface area contributed by atoms with E-state index < -0.39 is 0 Å². The predicted molar refractivity (Wildman–Crippen MR) is 74.7 cm³/mol. The molecule has 1 saturated carbocycles. The molecule has 0 aliphatic heterocycles. The third kappa shape index (κ3) is 3.12. The highest BCUT2D eigenvalue weighted by Gasteiger charge is 2.28. The first-order valence-electron chi connectivity index (χ1n) is 6.21. The van der Waals surface area contributed by atoms with Crippen molar-refractivity contribution in [2.45, 2.75) is 31.7 Å². The third-order valence-electron chi connectivity index (χ3n) is 3.54. The summed E-state index contributed by atoms with van der Waals surface area (Å²) in [6.45, 7) is 0. The Morgan fingerprint density at radius 1 is 1.50 bits per heavy atom. The molecular weight excluding hydrogens is 294 g/mol. The van der Waals surface area contributed by atoms with Gasteiger partial charge < -0.3 is 10.5 Å². The molecule has 0 amide bonds. The van der Waals surface area contributed by atoms with Gasteiger partial charge in [0.1, 0.15) is 11.5 Å². The number of Topliss-reactive ketones (excluding diaryl/α,β-unsaturated/α-hetero) is 1. The van der Waals surface area contributed by atoms with Crippen LogP contribution in [0, 0.1) is 5.92 Å². The molecule has 0 aromatic heterocycles. The summed E-state index contributed by atoms with van der Waals surface area (Å²) < 4.78 is 6.25. The van der Waals surface area contributed by atoms with Gasteiger partial charge in [-0.15, -0.1) is 0 Å². The molecule has 1 aliphatic carbocycles. The topological polar surface area (TPSA) is 52.3 Å². The lowest BCUT2D eigenvalue weighted by molar-refractivity contribution is -0.122. The second-order valence-corrected chi connectivity index (χ2v) is 5.78. The van der Waals surface area contributed by atoms with E-state index in [0.717, 1.165) is 35.0 Å². The smallest absolute Gasteiger partial charge is 0.140 e. The van der Waals surface area contributed by atoms with Crippen molar-refractivity contribution in [3.63, 3.8) is 0 Å². The van der Waals surface area contributed by atoms with E-state index >= 15 is 0 Å². The van der Waals surface area contributed by atoms with E-state index in [1.54, 1.807) is 7.11 Å². The maximum atomic E-state index is 12.2. The van der Waals surface area contributed by atoms with Crippen LogP contribution < -0.4 is 10.5 Å². The fraction of sp³-hybridized carbons (Fsp3) is 0.500. The summed E-state index contributed by atoms with van der Waals surface area (Å²) in [6, 6.07) is 5.94. The summed E-state index contributed by atoms with van der Waals surface area (Å²) in [6.07, 6.45) is 3.15. The van der Waals surface area contributed by atoms with Gasteiger partial charge in [0.2, 0.25) is 0 Å². The summed E-state index contributed by atoms with van der Waals surface area (Å²) >= 11 is 3.42. The molecule has 4 heteroatoms. The van der Waals surface area contributed by atoms with E-state index in [0.29, 0.717) is 6.42 Å². The van der Waals surface area contributed by atoms with Crippen molar-refractivity contribution in [1.29, 1.82) is 0 Å². The molecule has 2 N–H and O–H groups in total. The van der Waals surface area contributed by atoms with Crippen molar-refractivity contribution >= 4 is 21.7 Å². The van der Waals surface area contributed by atoms with Crippen LogP contribution in [0.4, 0.5) is 0 Å². The Bertz CT molecular complexity index is 447. The Labute approximate surface area is 116 Å². The standard InChI is InChI=1S/C14H18BrNO2/c1-18-14-5-3-11(15)6-10(14)8-13(17)9-2-4-12(16)7-9/h3,5-6,9,12H,2,4,7-8,16H2,1H3. The molecule has 1 aromatic rings. The van der Waals surface area contributed by atoms with Gasteiger partial charge in [-0.2, -0.15) is 0 Å². The third-order valence-corrected chi connectivity index (χ3v) is 4.03. The Balaban J connectivity index is 2.09. The average Bonchev–Trinajstić information content (AvgIpc) is 2.76. The van der Waals surface area contributed by atoms with Gasteiger partial charge in [0.25, 0.3) is 0 Å². The maximum Gasteiger partial charge on any atom is 0.140 e. The Hall–Kier alpha value is -0.870. The summed E-state index contributed by atoms with van der Waals surface area (Å²) in [5.74, 6) is 1.18. The van der Waals surface area contributed by atoms with Crippen LogP contribution in [0.2, 0.25) is 0 Å². The second-order valence-electron chi connectivity index (χ2n) is 4.87. The first-order valence-corrected chi connectivity index (χ1v) is 7.00. The maximum absolute atomic E-state index is 12.2. The zero-order chi connectivity index (χ0) is 13.1. The molecular formula is C14H18BrNO2. The van der Waals surface area contributed by atoms with Crippen LogP contribution in [-0.4, -0.2) is 18.9 Å². The minimum Gasteiger partial charge on any atom is -0.496 e. The van der Waals surface area contributed by atoms with Crippen LogP contribution >= 0.6 is 15.9 Å². The zero-order valence-electron chi connectivity index (χ0n) is 10.5. The first-order chi connectivity index (χ1) is 8.60. The Morgan fingerprint density at radius 3 is 2.89 bits per heavy atom. The molecule has 0 radical (unpaired) electrons. The number of methoxy groups -OCH3 is 1. The van der Waals surface area contributed by atoms with Gasteiger partial charge in [0.05, 0.1) is 7.11 Å². The molecule has 0 saturated heterocycles. The summed E-state index contributed by atoms with van der Waals surface area (Å²) in [5, 5.41) is 0. The largest absolute Gasteiger partial charge is 0.496 e. The molecule has 18 heavy (non-hydrogen) atoms. The highest BCUT2D eigenvalue weighted by Crippen LogP contribution is 2.29. The first kappa shape index (κ1) is 13.6. The van der Waals surface area contributed by atoms with Crippen LogP contribution in [0.3, 0.4) is 0 Å². The predicted octanol–water partition coefficient (Wildman–Crippen LogP) is 2.70. The molecule has 0 spiro atoms. The van der Waals surface area contributed by atoms with Crippen LogP contribution in [0.5, 0.6) is 5.75 Å². The van der Waals surface area contributed by atoms with E-state index in [1.165, 1.54) is 0 Å². The minimum absolute atomic E-state index is 0.128.